The summed E-state index contributed by atoms with van der Waals surface area (Å²) in [5.74, 6) is 0.103. The molecule has 1 fully saturated rings. The second kappa shape index (κ2) is 7.45. The SMILES string of the molecule is COCCn1cccc1C(=O)N1CCCC1CCCO. The maximum Gasteiger partial charge on any atom is 0.270 e. The van der Waals surface area contributed by atoms with Gasteiger partial charge in [0.2, 0.25) is 0 Å². The predicted molar refractivity (Wildman–Crippen MR) is 76.7 cm³/mol. The van der Waals surface area contributed by atoms with E-state index in [0.717, 1.165) is 37.9 Å². The molecule has 0 aliphatic carbocycles. The van der Waals surface area contributed by atoms with Gasteiger partial charge in [0.1, 0.15) is 5.69 Å². The van der Waals surface area contributed by atoms with Gasteiger partial charge in [-0.15, -0.1) is 0 Å². The van der Waals surface area contributed by atoms with Gasteiger partial charge in [-0.2, -0.15) is 0 Å². The third-order valence-corrected chi connectivity index (χ3v) is 3.92. The molecule has 1 unspecified atom stereocenters. The number of hydrogen-bond donors (Lipinski definition) is 1. The van der Waals surface area contributed by atoms with Crippen molar-refractivity contribution in [3.05, 3.63) is 24.0 Å². The second-order valence-electron chi connectivity index (χ2n) is 5.24. The number of aliphatic hydroxyl groups excluding tert-OH is 1. The Balaban J connectivity index is 2.04. The highest BCUT2D eigenvalue weighted by Crippen LogP contribution is 2.23. The highest BCUT2D eigenvalue weighted by Gasteiger charge is 2.30. The highest BCUT2D eigenvalue weighted by molar-refractivity contribution is 5.93. The Bertz CT molecular complexity index is 431. The van der Waals surface area contributed by atoms with Gasteiger partial charge in [-0.1, -0.05) is 0 Å². The van der Waals surface area contributed by atoms with Crippen LogP contribution >= 0.6 is 0 Å². The van der Waals surface area contributed by atoms with Gasteiger partial charge in [0, 0.05) is 39.0 Å². The monoisotopic (exact) mass is 280 g/mol. The lowest BCUT2D eigenvalue weighted by atomic mass is 10.1. The van der Waals surface area contributed by atoms with Crippen LogP contribution < -0.4 is 0 Å². The number of rotatable bonds is 7. The van der Waals surface area contributed by atoms with Crippen molar-refractivity contribution in [3.8, 4) is 0 Å². The minimum Gasteiger partial charge on any atom is -0.396 e. The molecule has 1 aromatic heterocycles. The van der Waals surface area contributed by atoms with E-state index < -0.39 is 0 Å². The van der Waals surface area contributed by atoms with Crippen molar-refractivity contribution >= 4 is 5.91 Å². The van der Waals surface area contributed by atoms with Gasteiger partial charge < -0.3 is 19.3 Å². The van der Waals surface area contributed by atoms with Crippen LogP contribution in [-0.2, 0) is 11.3 Å². The zero-order chi connectivity index (χ0) is 14.4. The third kappa shape index (κ3) is 3.41. The van der Waals surface area contributed by atoms with Crippen molar-refractivity contribution < 1.29 is 14.6 Å². The number of likely N-dealkylation sites (tertiary alicyclic amines) is 1. The van der Waals surface area contributed by atoms with Crippen molar-refractivity contribution in [1.82, 2.24) is 9.47 Å². The standard InChI is InChI=1S/C15H24N2O3/c1-20-12-10-16-8-3-7-14(16)15(19)17-9-2-5-13(17)6-4-11-18/h3,7-8,13,18H,2,4-6,9-12H2,1H3. The summed E-state index contributed by atoms with van der Waals surface area (Å²) < 4.78 is 7.03. The maximum atomic E-state index is 12.7. The third-order valence-electron chi connectivity index (χ3n) is 3.92. The summed E-state index contributed by atoms with van der Waals surface area (Å²) in [6.07, 6.45) is 5.68. The fourth-order valence-corrected chi connectivity index (χ4v) is 2.87. The Labute approximate surface area is 120 Å². The summed E-state index contributed by atoms with van der Waals surface area (Å²) in [5, 5.41) is 8.96. The lowest BCUT2D eigenvalue weighted by molar-refractivity contribution is 0.0711. The fraction of sp³-hybridized carbons (Fsp3) is 0.667. The number of methoxy groups -OCH3 is 1. The quantitative estimate of drug-likeness (QED) is 0.823. The summed E-state index contributed by atoms with van der Waals surface area (Å²) in [6, 6.07) is 4.06. The first-order valence-electron chi connectivity index (χ1n) is 7.34. The van der Waals surface area contributed by atoms with Crippen LogP contribution in [0.1, 0.15) is 36.2 Å². The molecule has 1 saturated heterocycles. The molecule has 112 valence electrons. The van der Waals surface area contributed by atoms with E-state index in [1.165, 1.54) is 0 Å². The van der Waals surface area contributed by atoms with E-state index in [1.807, 2.05) is 27.8 Å². The number of carbonyl (C=O) groups is 1. The number of hydrogen-bond acceptors (Lipinski definition) is 3. The fourth-order valence-electron chi connectivity index (χ4n) is 2.87. The minimum atomic E-state index is 0.103. The lowest BCUT2D eigenvalue weighted by Crippen LogP contribution is -2.36. The summed E-state index contributed by atoms with van der Waals surface area (Å²) in [6.45, 7) is 2.32. The Morgan fingerprint density at radius 2 is 2.40 bits per heavy atom. The molecule has 1 amide bonds. The van der Waals surface area contributed by atoms with E-state index in [0.29, 0.717) is 13.2 Å². The van der Waals surface area contributed by atoms with E-state index in [4.69, 9.17) is 9.84 Å². The zero-order valence-electron chi connectivity index (χ0n) is 12.1. The van der Waals surface area contributed by atoms with E-state index in [9.17, 15) is 4.79 Å². The van der Waals surface area contributed by atoms with Gasteiger partial charge in [0.25, 0.3) is 5.91 Å². The normalized spacial score (nSPS) is 18.7. The number of ether oxygens (including phenoxy) is 1. The number of carbonyl (C=O) groups excluding carboxylic acids is 1. The van der Waals surface area contributed by atoms with Crippen LogP contribution in [0.4, 0.5) is 0 Å². The number of amides is 1. The molecule has 0 radical (unpaired) electrons. The molecule has 2 heterocycles. The molecule has 0 spiro atoms. The van der Waals surface area contributed by atoms with E-state index in [1.54, 1.807) is 7.11 Å². The van der Waals surface area contributed by atoms with Gasteiger partial charge in [-0.3, -0.25) is 4.79 Å². The number of aromatic nitrogens is 1. The van der Waals surface area contributed by atoms with Crippen molar-refractivity contribution in [3.63, 3.8) is 0 Å². The van der Waals surface area contributed by atoms with Crippen LogP contribution in [0.25, 0.3) is 0 Å². The Morgan fingerprint density at radius 3 is 3.15 bits per heavy atom. The Hall–Kier alpha value is -1.33. The first kappa shape index (κ1) is 15.1. The first-order valence-corrected chi connectivity index (χ1v) is 7.34. The van der Waals surface area contributed by atoms with Gasteiger partial charge in [0.15, 0.2) is 0 Å². The summed E-state index contributed by atoms with van der Waals surface area (Å²) in [5.41, 5.74) is 0.734. The van der Waals surface area contributed by atoms with Crippen LogP contribution in [0.2, 0.25) is 0 Å². The molecular weight excluding hydrogens is 256 g/mol. The highest BCUT2D eigenvalue weighted by atomic mass is 16.5. The van der Waals surface area contributed by atoms with Crippen LogP contribution in [0, 0.1) is 0 Å². The molecule has 0 aromatic carbocycles. The van der Waals surface area contributed by atoms with Crippen LogP contribution in [0.15, 0.2) is 18.3 Å². The summed E-state index contributed by atoms with van der Waals surface area (Å²) in [7, 11) is 1.66. The molecule has 1 aromatic rings. The summed E-state index contributed by atoms with van der Waals surface area (Å²) >= 11 is 0. The van der Waals surface area contributed by atoms with Crippen LogP contribution in [0.3, 0.4) is 0 Å². The summed E-state index contributed by atoms with van der Waals surface area (Å²) in [4.78, 5) is 14.6. The largest absolute Gasteiger partial charge is 0.396 e. The first-order chi connectivity index (χ1) is 9.77. The van der Waals surface area contributed by atoms with Crippen molar-refractivity contribution in [1.29, 1.82) is 0 Å². The maximum absolute atomic E-state index is 12.7. The van der Waals surface area contributed by atoms with Gasteiger partial charge in [-0.25, -0.2) is 0 Å². The van der Waals surface area contributed by atoms with Crippen LogP contribution in [0.5, 0.6) is 0 Å². The van der Waals surface area contributed by atoms with Gasteiger partial charge >= 0.3 is 0 Å². The second-order valence-corrected chi connectivity index (χ2v) is 5.24. The molecule has 1 N–H and O–H groups in total. The molecule has 0 saturated carbocycles. The topological polar surface area (TPSA) is 54.7 Å². The zero-order valence-corrected chi connectivity index (χ0v) is 12.1. The van der Waals surface area contributed by atoms with Crippen molar-refractivity contribution in [2.24, 2.45) is 0 Å². The molecular formula is C15H24N2O3. The smallest absolute Gasteiger partial charge is 0.270 e. The molecule has 2 rings (SSSR count). The van der Waals surface area contributed by atoms with Crippen LogP contribution in [-0.4, -0.2) is 53.4 Å². The Morgan fingerprint density at radius 1 is 1.55 bits per heavy atom. The molecule has 1 atom stereocenters. The molecule has 5 nitrogen and oxygen atoms in total. The average Bonchev–Trinajstić information content (AvgIpc) is 3.10. The molecule has 0 bridgehead atoms. The van der Waals surface area contributed by atoms with Crippen molar-refractivity contribution in [2.45, 2.75) is 38.3 Å². The molecule has 1 aliphatic rings. The molecule has 5 heteroatoms. The average molecular weight is 280 g/mol. The van der Waals surface area contributed by atoms with Gasteiger partial charge in [-0.05, 0) is 37.8 Å². The Kier molecular flexibility index (Phi) is 5.61. The molecule has 1 aliphatic heterocycles. The number of nitrogens with zero attached hydrogens (tertiary/aromatic N) is 2. The van der Waals surface area contributed by atoms with Gasteiger partial charge in [0.05, 0.1) is 6.61 Å². The van der Waals surface area contributed by atoms with E-state index >= 15 is 0 Å². The minimum absolute atomic E-state index is 0.103. The van der Waals surface area contributed by atoms with Crippen molar-refractivity contribution in [2.75, 3.05) is 26.9 Å². The molecule has 20 heavy (non-hydrogen) atoms. The lowest BCUT2D eigenvalue weighted by Gasteiger charge is -2.25. The predicted octanol–water partition coefficient (Wildman–Crippen LogP) is 1.51. The van der Waals surface area contributed by atoms with E-state index in [2.05, 4.69) is 0 Å². The number of aliphatic hydroxyl groups is 1. The van der Waals surface area contributed by atoms with E-state index in [-0.39, 0.29) is 18.6 Å².